The number of benzene rings is 2. The lowest BCUT2D eigenvalue weighted by Gasteiger charge is -2.11. The Morgan fingerprint density at radius 1 is 0.818 bits per heavy atom. The monoisotopic (exact) mass is 295 g/mol. The maximum absolute atomic E-state index is 10.0. The first-order chi connectivity index (χ1) is 10.5. The molecule has 0 saturated heterocycles. The fraction of sp³-hybridized carbons (Fsp3) is 0. The second-order valence-electron chi connectivity index (χ2n) is 4.74. The Bertz CT molecular complexity index is 833. The van der Waals surface area contributed by atoms with E-state index in [4.69, 9.17) is 5.73 Å². The van der Waals surface area contributed by atoms with Crippen LogP contribution in [0.25, 0.3) is 22.4 Å². The minimum Gasteiger partial charge on any atom is -0.508 e. The van der Waals surface area contributed by atoms with Crippen molar-refractivity contribution in [3.05, 3.63) is 48.7 Å². The zero-order valence-electron chi connectivity index (χ0n) is 11.4. The van der Waals surface area contributed by atoms with Gasteiger partial charge in [-0.1, -0.05) is 12.1 Å². The third kappa shape index (κ3) is 2.49. The maximum atomic E-state index is 10.0. The van der Waals surface area contributed by atoms with E-state index < -0.39 is 0 Å². The highest BCUT2D eigenvalue weighted by Gasteiger charge is 2.14. The smallest absolute Gasteiger partial charge is 0.220 e. The van der Waals surface area contributed by atoms with E-state index in [9.17, 15) is 15.3 Å². The van der Waals surface area contributed by atoms with E-state index in [2.05, 4.69) is 9.97 Å². The van der Waals surface area contributed by atoms with Crippen LogP contribution in [-0.2, 0) is 0 Å². The van der Waals surface area contributed by atoms with Gasteiger partial charge in [0.05, 0.1) is 5.69 Å². The van der Waals surface area contributed by atoms with Crippen molar-refractivity contribution < 1.29 is 15.3 Å². The quantitative estimate of drug-likeness (QED) is 0.578. The predicted octanol–water partition coefficient (Wildman–Crippen LogP) is 2.51. The molecule has 2 aromatic carbocycles. The van der Waals surface area contributed by atoms with Crippen molar-refractivity contribution >= 4 is 5.95 Å². The van der Waals surface area contributed by atoms with E-state index in [0.29, 0.717) is 16.8 Å². The van der Waals surface area contributed by atoms with E-state index in [-0.39, 0.29) is 23.2 Å². The number of aromatic nitrogens is 2. The highest BCUT2D eigenvalue weighted by atomic mass is 16.3. The predicted molar refractivity (Wildman–Crippen MR) is 82.3 cm³/mol. The summed E-state index contributed by atoms with van der Waals surface area (Å²) in [6.45, 7) is 0. The van der Waals surface area contributed by atoms with E-state index in [1.54, 1.807) is 36.5 Å². The molecule has 6 nitrogen and oxygen atoms in total. The fourth-order valence-corrected chi connectivity index (χ4v) is 2.17. The maximum Gasteiger partial charge on any atom is 0.220 e. The standard InChI is InChI=1S/C16H13N3O3/c17-16-18-8-13(9-1-3-10(20)4-2-9)15(19-16)12-6-5-11(21)7-14(12)22/h1-8,20-22H,(H2,17,18,19). The van der Waals surface area contributed by atoms with Gasteiger partial charge < -0.3 is 21.1 Å². The lowest BCUT2D eigenvalue weighted by atomic mass is 10.00. The molecule has 0 bridgehead atoms. The van der Waals surface area contributed by atoms with Gasteiger partial charge in [-0.3, -0.25) is 0 Å². The Hall–Kier alpha value is -3.28. The molecule has 6 heteroatoms. The summed E-state index contributed by atoms with van der Waals surface area (Å²) in [7, 11) is 0. The number of phenols is 3. The number of anilines is 1. The summed E-state index contributed by atoms with van der Waals surface area (Å²) in [5.74, 6) is 0.0618. The van der Waals surface area contributed by atoms with Crippen LogP contribution in [0.4, 0.5) is 5.95 Å². The molecule has 0 radical (unpaired) electrons. The minimum absolute atomic E-state index is 0.0468. The third-order valence-electron chi connectivity index (χ3n) is 3.22. The van der Waals surface area contributed by atoms with E-state index in [1.165, 1.54) is 12.1 Å². The van der Waals surface area contributed by atoms with Crippen LogP contribution in [0, 0.1) is 0 Å². The highest BCUT2D eigenvalue weighted by molar-refractivity contribution is 5.83. The third-order valence-corrected chi connectivity index (χ3v) is 3.22. The molecule has 0 saturated carbocycles. The van der Waals surface area contributed by atoms with Crippen molar-refractivity contribution in [3.63, 3.8) is 0 Å². The topological polar surface area (TPSA) is 112 Å². The number of hydrogen-bond acceptors (Lipinski definition) is 6. The Morgan fingerprint density at radius 3 is 2.18 bits per heavy atom. The van der Waals surface area contributed by atoms with Gasteiger partial charge in [-0.25, -0.2) is 9.97 Å². The molecule has 0 spiro atoms. The molecule has 1 heterocycles. The Kier molecular flexibility index (Phi) is 3.27. The molecule has 1 aromatic heterocycles. The van der Waals surface area contributed by atoms with Crippen LogP contribution in [0.2, 0.25) is 0 Å². The van der Waals surface area contributed by atoms with E-state index in [1.807, 2.05) is 0 Å². The molecule has 22 heavy (non-hydrogen) atoms. The van der Waals surface area contributed by atoms with Gasteiger partial charge in [-0.15, -0.1) is 0 Å². The van der Waals surface area contributed by atoms with Crippen LogP contribution in [0.1, 0.15) is 0 Å². The van der Waals surface area contributed by atoms with Crippen LogP contribution >= 0.6 is 0 Å². The number of phenolic OH excluding ortho intramolecular Hbond substituents is 3. The first-order valence-electron chi connectivity index (χ1n) is 6.49. The normalized spacial score (nSPS) is 10.5. The second kappa shape index (κ2) is 5.25. The van der Waals surface area contributed by atoms with Crippen molar-refractivity contribution in [3.8, 4) is 39.6 Å². The van der Waals surface area contributed by atoms with Crippen molar-refractivity contribution in [1.29, 1.82) is 0 Å². The number of nitrogen functional groups attached to an aromatic ring is 1. The number of nitrogens with two attached hydrogens (primary N) is 1. The van der Waals surface area contributed by atoms with Crippen molar-refractivity contribution in [1.82, 2.24) is 9.97 Å². The Labute approximate surface area is 126 Å². The first kappa shape index (κ1) is 13.7. The molecule has 0 aliphatic heterocycles. The van der Waals surface area contributed by atoms with Crippen LogP contribution in [0.5, 0.6) is 17.2 Å². The molecule has 0 unspecified atom stereocenters. The number of rotatable bonds is 2. The van der Waals surface area contributed by atoms with Gasteiger partial charge in [0.25, 0.3) is 0 Å². The van der Waals surface area contributed by atoms with Gasteiger partial charge in [0.15, 0.2) is 0 Å². The summed E-state index contributed by atoms with van der Waals surface area (Å²) in [5.41, 5.74) is 7.93. The lowest BCUT2D eigenvalue weighted by Crippen LogP contribution is -1.98. The van der Waals surface area contributed by atoms with Gasteiger partial charge in [-0.05, 0) is 29.8 Å². The molecule has 5 N–H and O–H groups in total. The summed E-state index contributed by atoms with van der Waals surface area (Å²) in [4.78, 5) is 8.18. The molecule has 0 aliphatic carbocycles. The number of aromatic hydroxyl groups is 3. The summed E-state index contributed by atoms with van der Waals surface area (Å²) < 4.78 is 0. The van der Waals surface area contributed by atoms with Crippen LogP contribution < -0.4 is 5.73 Å². The molecule has 110 valence electrons. The van der Waals surface area contributed by atoms with Gasteiger partial charge in [-0.2, -0.15) is 0 Å². The molecule has 0 aliphatic rings. The molecule has 3 aromatic rings. The summed E-state index contributed by atoms with van der Waals surface area (Å²) >= 11 is 0. The van der Waals surface area contributed by atoms with Crippen molar-refractivity contribution in [2.45, 2.75) is 0 Å². The highest BCUT2D eigenvalue weighted by Crippen LogP contribution is 2.37. The molecule has 0 amide bonds. The first-order valence-corrected chi connectivity index (χ1v) is 6.49. The van der Waals surface area contributed by atoms with E-state index >= 15 is 0 Å². The molecule has 0 atom stereocenters. The summed E-state index contributed by atoms with van der Waals surface area (Å²) in [5, 5.41) is 28.9. The van der Waals surface area contributed by atoms with Crippen LogP contribution in [-0.4, -0.2) is 25.3 Å². The Morgan fingerprint density at radius 2 is 1.50 bits per heavy atom. The zero-order chi connectivity index (χ0) is 15.7. The van der Waals surface area contributed by atoms with Gasteiger partial charge in [0.2, 0.25) is 5.95 Å². The van der Waals surface area contributed by atoms with Gasteiger partial charge >= 0.3 is 0 Å². The average Bonchev–Trinajstić information content (AvgIpc) is 2.48. The van der Waals surface area contributed by atoms with Crippen molar-refractivity contribution in [2.24, 2.45) is 0 Å². The summed E-state index contributed by atoms with van der Waals surface area (Å²) in [6, 6.07) is 10.8. The number of nitrogens with zero attached hydrogens (tertiary/aromatic N) is 2. The zero-order valence-corrected chi connectivity index (χ0v) is 11.4. The van der Waals surface area contributed by atoms with Gasteiger partial charge in [0.1, 0.15) is 17.2 Å². The van der Waals surface area contributed by atoms with E-state index in [0.717, 1.165) is 5.56 Å². The molecule has 3 rings (SSSR count). The fourth-order valence-electron chi connectivity index (χ4n) is 2.17. The SMILES string of the molecule is Nc1ncc(-c2ccc(O)cc2)c(-c2ccc(O)cc2O)n1. The lowest BCUT2D eigenvalue weighted by molar-refractivity contribution is 0.451. The molecular formula is C16H13N3O3. The minimum atomic E-state index is -0.113. The van der Waals surface area contributed by atoms with Crippen LogP contribution in [0.3, 0.4) is 0 Å². The number of hydrogen-bond donors (Lipinski definition) is 4. The van der Waals surface area contributed by atoms with Gasteiger partial charge in [0, 0.05) is 23.4 Å². The second-order valence-corrected chi connectivity index (χ2v) is 4.74. The average molecular weight is 295 g/mol. The van der Waals surface area contributed by atoms with Crippen molar-refractivity contribution in [2.75, 3.05) is 5.73 Å². The van der Waals surface area contributed by atoms with Crippen LogP contribution in [0.15, 0.2) is 48.7 Å². The molecule has 0 fully saturated rings. The Balaban J connectivity index is 2.22. The summed E-state index contributed by atoms with van der Waals surface area (Å²) in [6.07, 6.45) is 1.55. The molecular weight excluding hydrogens is 282 g/mol. The largest absolute Gasteiger partial charge is 0.508 e.